The Hall–Kier alpha value is -0.160. The molecule has 0 amide bonds. The highest BCUT2D eigenvalue weighted by Gasteiger charge is 2.28. The van der Waals surface area contributed by atoms with Crippen LogP contribution < -0.4 is 5.32 Å². The average molecular weight is 300 g/mol. The van der Waals surface area contributed by atoms with Crippen molar-refractivity contribution in [2.45, 2.75) is 52.6 Å². The van der Waals surface area contributed by atoms with Gasteiger partial charge in [0, 0.05) is 19.7 Å². The summed E-state index contributed by atoms with van der Waals surface area (Å²) in [6.45, 7) is 12.0. The Morgan fingerprint density at radius 1 is 1.29 bits per heavy atom. The van der Waals surface area contributed by atoms with E-state index >= 15 is 0 Å². The Morgan fingerprint density at radius 3 is 2.57 bits per heavy atom. The van der Waals surface area contributed by atoms with Crippen molar-refractivity contribution in [2.75, 3.05) is 46.4 Å². The van der Waals surface area contributed by atoms with Gasteiger partial charge >= 0.3 is 0 Å². The zero-order valence-corrected chi connectivity index (χ0v) is 14.5. The molecule has 1 unspecified atom stereocenters. The smallest absolute Gasteiger partial charge is 0.0897 e. The minimum atomic E-state index is -0.390. The van der Waals surface area contributed by atoms with Crippen LogP contribution in [0.1, 0.15) is 46.5 Å². The maximum Gasteiger partial charge on any atom is 0.0897 e. The monoisotopic (exact) mass is 300 g/mol. The summed E-state index contributed by atoms with van der Waals surface area (Å²) >= 11 is 0. The number of aliphatic hydroxyl groups is 1. The number of ether oxygens (including phenoxy) is 1. The highest BCUT2D eigenvalue weighted by molar-refractivity contribution is 4.83. The molecule has 1 aliphatic heterocycles. The van der Waals surface area contributed by atoms with E-state index in [9.17, 15) is 5.11 Å². The van der Waals surface area contributed by atoms with E-state index in [4.69, 9.17) is 4.74 Å². The van der Waals surface area contributed by atoms with Gasteiger partial charge in [0.05, 0.1) is 12.7 Å². The van der Waals surface area contributed by atoms with Crippen molar-refractivity contribution in [1.82, 2.24) is 10.2 Å². The number of aliphatic hydroxyl groups excluding tert-OH is 1. The van der Waals surface area contributed by atoms with Gasteiger partial charge in [0.15, 0.2) is 0 Å². The first kappa shape index (κ1) is 18.9. The second-order valence-electron chi connectivity index (χ2n) is 7.51. The van der Waals surface area contributed by atoms with E-state index in [1.165, 1.54) is 32.4 Å². The third-order valence-electron chi connectivity index (χ3n) is 4.51. The van der Waals surface area contributed by atoms with Crippen LogP contribution in [0, 0.1) is 11.3 Å². The molecule has 0 aromatic heterocycles. The van der Waals surface area contributed by atoms with Crippen LogP contribution in [-0.4, -0.2) is 62.6 Å². The van der Waals surface area contributed by atoms with Crippen LogP contribution >= 0.6 is 0 Å². The molecule has 0 bridgehead atoms. The fourth-order valence-corrected chi connectivity index (χ4v) is 2.75. The predicted molar refractivity (Wildman–Crippen MR) is 88.6 cm³/mol. The van der Waals surface area contributed by atoms with Crippen LogP contribution in [0.3, 0.4) is 0 Å². The minimum absolute atomic E-state index is 0.379. The molecular weight excluding hydrogens is 264 g/mol. The zero-order chi connectivity index (χ0) is 15.7. The average Bonchev–Trinajstić information content (AvgIpc) is 2.42. The van der Waals surface area contributed by atoms with E-state index in [0.29, 0.717) is 18.6 Å². The summed E-state index contributed by atoms with van der Waals surface area (Å²) in [5, 5.41) is 13.3. The van der Waals surface area contributed by atoms with Crippen LogP contribution in [0.2, 0.25) is 0 Å². The third-order valence-corrected chi connectivity index (χ3v) is 4.51. The van der Waals surface area contributed by atoms with Crippen LogP contribution in [0.5, 0.6) is 0 Å². The van der Waals surface area contributed by atoms with E-state index in [2.05, 4.69) is 38.0 Å². The summed E-state index contributed by atoms with van der Waals surface area (Å²) in [5.41, 5.74) is 0.379. The SMILES string of the molecule is CC(C)CCCOCC(O)CNCC1(C)CCN(C)CC1. The number of nitrogens with zero attached hydrogens (tertiary/aromatic N) is 1. The van der Waals surface area contributed by atoms with Gasteiger partial charge in [0.2, 0.25) is 0 Å². The molecule has 1 fully saturated rings. The molecule has 1 atom stereocenters. The van der Waals surface area contributed by atoms with Gasteiger partial charge in [-0.3, -0.25) is 0 Å². The molecular formula is C17H36N2O2. The number of hydrogen-bond acceptors (Lipinski definition) is 4. The summed E-state index contributed by atoms with van der Waals surface area (Å²) < 4.78 is 5.53. The largest absolute Gasteiger partial charge is 0.389 e. The van der Waals surface area contributed by atoms with Crippen LogP contribution in [0.15, 0.2) is 0 Å². The maximum atomic E-state index is 9.92. The molecule has 0 radical (unpaired) electrons. The van der Waals surface area contributed by atoms with Gasteiger partial charge < -0.3 is 20.1 Å². The quantitative estimate of drug-likeness (QED) is 0.607. The van der Waals surface area contributed by atoms with Gasteiger partial charge in [-0.15, -0.1) is 0 Å². The summed E-state index contributed by atoms with van der Waals surface area (Å²) in [6, 6.07) is 0. The molecule has 1 rings (SSSR count). The lowest BCUT2D eigenvalue weighted by Crippen LogP contribution is -2.44. The lowest BCUT2D eigenvalue weighted by atomic mass is 9.80. The molecule has 0 spiro atoms. The van der Waals surface area contributed by atoms with E-state index in [-0.39, 0.29) is 6.10 Å². The van der Waals surface area contributed by atoms with Gasteiger partial charge in [-0.25, -0.2) is 0 Å². The van der Waals surface area contributed by atoms with Crippen LogP contribution in [-0.2, 0) is 4.74 Å². The van der Waals surface area contributed by atoms with Crippen molar-refractivity contribution in [2.24, 2.45) is 11.3 Å². The van der Waals surface area contributed by atoms with Crippen LogP contribution in [0.25, 0.3) is 0 Å². The molecule has 1 heterocycles. The van der Waals surface area contributed by atoms with E-state index < -0.39 is 0 Å². The topological polar surface area (TPSA) is 44.7 Å². The molecule has 4 heteroatoms. The van der Waals surface area contributed by atoms with Crippen molar-refractivity contribution >= 4 is 0 Å². The summed E-state index contributed by atoms with van der Waals surface area (Å²) in [4.78, 5) is 2.39. The van der Waals surface area contributed by atoms with Gasteiger partial charge in [-0.2, -0.15) is 0 Å². The molecule has 0 aliphatic carbocycles. The highest BCUT2D eigenvalue weighted by atomic mass is 16.5. The molecule has 2 N–H and O–H groups in total. The van der Waals surface area contributed by atoms with Gasteiger partial charge in [0.25, 0.3) is 0 Å². The normalized spacial score (nSPS) is 20.9. The lowest BCUT2D eigenvalue weighted by molar-refractivity contribution is 0.0323. The number of likely N-dealkylation sites (tertiary alicyclic amines) is 1. The van der Waals surface area contributed by atoms with Gasteiger partial charge in [0.1, 0.15) is 0 Å². The standard InChI is InChI=1S/C17H36N2O2/c1-15(2)6-5-11-21-13-16(20)12-18-14-17(3)7-9-19(4)10-8-17/h15-16,18,20H,5-14H2,1-4H3. The molecule has 0 aromatic rings. The number of piperidine rings is 1. The Bertz CT molecular complexity index is 264. The predicted octanol–water partition coefficient (Wildman–Crippen LogP) is 2.12. The Labute approximate surface area is 131 Å². The first-order valence-corrected chi connectivity index (χ1v) is 8.56. The zero-order valence-electron chi connectivity index (χ0n) is 14.5. The molecule has 126 valence electrons. The van der Waals surface area contributed by atoms with Gasteiger partial charge in [-0.05, 0) is 57.2 Å². The second kappa shape index (κ2) is 9.78. The Kier molecular flexibility index (Phi) is 8.79. The number of nitrogens with one attached hydrogen (secondary N) is 1. The molecule has 4 nitrogen and oxygen atoms in total. The fourth-order valence-electron chi connectivity index (χ4n) is 2.75. The Morgan fingerprint density at radius 2 is 1.95 bits per heavy atom. The van der Waals surface area contributed by atoms with Crippen LogP contribution in [0.4, 0.5) is 0 Å². The summed E-state index contributed by atoms with van der Waals surface area (Å²) in [6.07, 6.45) is 4.36. The number of hydrogen-bond donors (Lipinski definition) is 2. The summed E-state index contributed by atoms with van der Waals surface area (Å²) in [5.74, 6) is 0.732. The first-order valence-electron chi connectivity index (χ1n) is 8.56. The van der Waals surface area contributed by atoms with E-state index in [0.717, 1.165) is 25.5 Å². The van der Waals surface area contributed by atoms with Crippen molar-refractivity contribution in [3.05, 3.63) is 0 Å². The van der Waals surface area contributed by atoms with Crippen molar-refractivity contribution < 1.29 is 9.84 Å². The molecule has 1 aliphatic rings. The summed E-state index contributed by atoms with van der Waals surface area (Å²) in [7, 11) is 2.19. The Balaban J connectivity index is 2.01. The number of rotatable bonds is 10. The van der Waals surface area contributed by atoms with E-state index in [1.807, 2.05) is 0 Å². The minimum Gasteiger partial charge on any atom is -0.389 e. The molecule has 21 heavy (non-hydrogen) atoms. The molecule has 1 saturated heterocycles. The first-order chi connectivity index (χ1) is 9.91. The van der Waals surface area contributed by atoms with Crippen molar-refractivity contribution in [1.29, 1.82) is 0 Å². The third kappa shape index (κ3) is 8.77. The second-order valence-corrected chi connectivity index (χ2v) is 7.51. The highest BCUT2D eigenvalue weighted by Crippen LogP contribution is 2.29. The molecule has 0 saturated carbocycles. The van der Waals surface area contributed by atoms with Crippen molar-refractivity contribution in [3.8, 4) is 0 Å². The lowest BCUT2D eigenvalue weighted by Gasteiger charge is -2.38. The molecule has 0 aromatic carbocycles. The van der Waals surface area contributed by atoms with Crippen molar-refractivity contribution in [3.63, 3.8) is 0 Å². The fraction of sp³-hybridized carbons (Fsp3) is 1.00. The van der Waals surface area contributed by atoms with Gasteiger partial charge in [-0.1, -0.05) is 20.8 Å². The van der Waals surface area contributed by atoms with E-state index in [1.54, 1.807) is 0 Å². The maximum absolute atomic E-state index is 9.92.